The third-order valence-corrected chi connectivity index (χ3v) is 4.03. The number of rotatable bonds is 1. The average molecular weight is 308 g/mol. The smallest absolute Gasteiger partial charge is 0.278 e. The van der Waals surface area contributed by atoms with Crippen molar-refractivity contribution in [2.24, 2.45) is 4.99 Å². The Kier molecular flexibility index (Phi) is 3.29. The van der Waals surface area contributed by atoms with Crippen molar-refractivity contribution in [3.05, 3.63) is 45.4 Å². The van der Waals surface area contributed by atoms with Crippen molar-refractivity contribution in [3.8, 4) is 0 Å². The first kappa shape index (κ1) is 13.2. The van der Waals surface area contributed by atoms with E-state index in [1.54, 1.807) is 31.4 Å². The SMILES string of the molecule is CN1C(=O)C(O)N=C(c2nccs2)c2cc(Cl)ccc21. The molecule has 0 saturated heterocycles. The highest BCUT2D eigenvalue weighted by molar-refractivity contribution is 7.12. The normalized spacial score (nSPS) is 18.6. The predicted molar refractivity (Wildman–Crippen MR) is 78.6 cm³/mol. The number of benzodiazepines with no additional fused rings is 1. The molecule has 1 N–H and O–H groups in total. The number of aromatic nitrogens is 1. The number of aliphatic hydroxyl groups is 1. The van der Waals surface area contributed by atoms with Crippen molar-refractivity contribution in [2.45, 2.75) is 6.23 Å². The lowest BCUT2D eigenvalue weighted by molar-refractivity contribution is -0.125. The molecule has 0 fully saturated rings. The summed E-state index contributed by atoms with van der Waals surface area (Å²) in [5.74, 6) is -0.486. The number of carbonyl (C=O) groups excluding carboxylic acids is 1. The van der Waals surface area contributed by atoms with Crippen LogP contribution in [0.2, 0.25) is 5.02 Å². The fourth-order valence-electron chi connectivity index (χ4n) is 2.04. The monoisotopic (exact) mass is 307 g/mol. The van der Waals surface area contributed by atoms with Crippen LogP contribution in [-0.4, -0.2) is 35.0 Å². The maximum Gasteiger partial charge on any atom is 0.278 e. The largest absolute Gasteiger partial charge is 0.364 e. The Morgan fingerprint density at radius 1 is 1.45 bits per heavy atom. The van der Waals surface area contributed by atoms with Gasteiger partial charge >= 0.3 is 0 Å². The molecule has 0 spiro atoms. The van der Waals surface area contributed by atoms with E-state index < -0.39 is 12.1 Å². The zero-order chi connectivity index (χ0) is 14.3. The van der Waals surface area contributed by atoms with Crippen LogP contribution in [0.3, 0.4) is 0 Å². The summed E-state index contributed by atoms with van der Waals surface area (Å²) < 4.78 is 0. The fourth-order valence-corrected chi connectivity index (χ4v) is 2.86. The molecule has 2 heterocycles. The summed E-state index contributed by atoms with van der Waals surface area (Å²) in [6.45, 7) is 0. The summed E-state index contributed by atoms with van der Waals surface area (Å²) in [5.41, 5.74) is 1.80. The van der Waals surface area contributed by atoms with Gasteiger partial charge in [0.25, 0.3) is 5.91 Å². The third kappa shape index (κ3) is 2.11. The van der Waals surface area contributed by atoms with Crippen LogP contribution in [0.1, 0.15) is 10.6 Å². The zero-order valence-electron chi connectivity index (χ0n) is 10.4. The number of nitrogens with zero attached hydrogens (tertiary/aromatic N) is 3. The van der Waals surface area contributed by atoms with Gasteiger partial charge in [-0.05, 0) is 18.2 Å². The first-order valence-electron chi connectivity index (χ1n) is 5.81. The number of halogens is 1. The van der Waals surface area contributed by atoms with Gasteiger partial charge in [-0.1, -0.05) is 11.6 Å². The molecule has 102 valence electrons. The summed E-state index contributed by atoms with van der Waals surface area (Å²) in [6.07, 6.45) is 0.209. The van der Waals surface area contributed by atoms with Crippen molar-refractivity contribution < 1.29 is 9.90 Å². The highest BCUT2D eigenvalue weighted by Gasteiger charge is 2.29. The molecule has 20 heavy (non-hydrogen) atoms. The van der Waals surface area contributed by atoms with Crippen LogP contribution >= 0.6 is 22.9 Å². The van der Waals surface area contributed by atoms with E-state index in [1.165, 1.54) is 16.2 Å². The number of amides is 1. The Morgan fingerprint density at radius 2 is 2.25 bits per heavy atom. The first-order valence-corrected chi connectivity index (χ1v) is 7.07. The molecule has 1 unspecified atom stereocenters. The molecule has 1 aromatic heterocycles. The highest BCUT2D eigenvalue weighted by Crippen LogP contribution is 2.30. The number of fused-ring (bicyclic) bond motifs is 1. The Hall–Kier alpha value is -1.76. The molecule has 1 aromatic carbocycles. The van der Waals surface area contributed by atoms with E-state index in [-0.39, 0.29) is 0 Å². The minimum absolute atomic E-state index is 0.475. The van der Waals surface area contributed by atoms with E-state index in [0.717, 1.165) is 0 Å². The maximum atomic E-state index is 12.0. The average Bonchev–Trinajstić information content (AvgIpc) is 2.94. The number of likely N-dealkylation sites (N-methyl/N-ethyl adjacent to an activating group) is 1. The Bertz CT molecular complexity index is 700. The summed E-state index contributed by atoms with van der Waals surface area (Å²) >= 11 is 7.43. The van der Waals surface area contributed by atoms with Crippen molar-refractivity contribution in [1.29, 1.82) is 0 Å². The number of hydrogen-bond donors (Lipinski definition) is 1. The molecule has 0 bridgehead atoms. The Morgan fingerprint density at radius 3 is 2.95 bits per heavy atom. The van der Waals surface area contributed by atoms with E-state index >= 15 is 0 Å². The number of carbonyl (C=O) groups is 1. The van der Waals surface area contributed by atoms with E-state index in [2.05, 4.69) is 9.98 Å². The zero-order valence-corrected chi connectivity index (χ0v) is 12.0. The molecule has 0 aliphatic carbocycles. The van der Waals surface area contributed by atoms with Gasteiger partial charge in [-0.25, -0.2) is 9.98 Å². The van der Waals surface area contributed by atoms with Gasteiger partial charge in [-0.3, -0.25) is 4.79 Å². The fraction of sp³-hybridized carbons (Fsp3) is 0.154. The standard InChI is InChI=1S/C13H10ClN3O2S/c1-17-9-3-2-7(14)6-8(9)10(12-15-4-5-20-12)16-11(18)13(17)19/h2-6,11,18H,1H3. The number of benzene rings is 1. The molecule has 0 saturated carbocycles. The van der Waals surface area contributed by atoms with E-state index in [0.29, 0.717) is 27.0 Å². The summed E-state index contributed by atoms with van der Waals surface area (Å²) in [7, 11) is 1.60. The lowest BCUT2D eigenvalue weighted by Crippen LogP contribution is -2.34. The summed E-state index contributed by atoms with van der Waals surface area (Å²) in [5, 5.41) is 12.9. The minimum Gasteiger partial charge on any atom is -0.364 e. The second-order valence-electron chi connectivity index (χ2n) is 4.25. The third-order valence-electron chi connectivity index (χ3n) is 3.01. The molecular weight excluding hydrogens is 298 g/mol. The minimum atomic E-state index is -1.44. The molecule has 2 aromatic rings. The number of aliphatic hydroxyl groups excluding tert-OH is 1. The van der Waals surface area contributed by atoms with E-state index in [4.69, 9.17) is 11.6 Å². The van der Waals surface area contributed by atoms with Crippen LogP contribution in [0, 0.1) is 0 Å². The van der Waals surface area contributed by atoms with Gasteiger partial charge in [0.1, 0.15) is 10.7 Å². The van der Waals surface area contributed by atoms with Crippen molar-refractivity contribution in [3.63, 3.8) is 0 Å². The number of hydrogen-bond acceptors (Lipinski definition) is 5. The van der Waals surface area contributed by atoms with Gasteiger partial charge in [-0.2, -0.15) is 0 Å². The lowest BCUT2D eigenvalue weighted by Gasteiger charge is -2.18. The van der Waals surface area contributed by atoms with Gasteiger partial charge in [0.2, 0.25) is 6.23 Å². The van der Waals surface area contributed by atoms with Gasteiger partial charge in [0.15, 0.2) is 0 Å². The van der Waals surface area contributed by atoms with Gasteiger partial charge in [0, 0.05) is 29.2 Å². The van der Waals surface area contributed by atoms with Crippen LogP contribution in [0.4, 0.5) is 5.69 Å². The molecule has 0 radical (unpaired) electrons. The van der Waals surface area contributed by atoms with E-state index in [9.17, 15) is 9.90 Å². The molecule has 5 nitrogen and oxygen atoms in total. The van der Waals surface area contributed by atoms with Gasteiger partial charge in [-0.15, -0.1) is 11.3 Å². The van der Waals surface area contributed by atoms with Gasteiger partial charge < -0.3 is 10.0 Å². The second kappa shape index (κ2) is 4.97. The Balaban J connectivity index is 2.27. The lowest BCUT2D eigenvalue weighted by atomic mass is 10.1. The highest BCUT2D eigenvalue weighted by atomic mass is 35.5. The molecule has 3 rings (SSSR count). The molecule has 7 heteroatoms. The van der Waals surface area contributed by atoms with Crippen LogP contribution in [0.15, 0.2) is 34.8 Å². The molecule has 1 aliphatic heterocycles. The van der Waals surface area contributed by atoms with Crippen LogP contribution in [0.25, 0.3) is 0 Å². The summed E-state index contributed by atoms with van der Waals surface area (Å²) in [4.78, 5) is 21.7. The van der Waals surface area contributed by atoms with Gasteiger partial charge in [0.05, 0.1) is 5.69 Å². The van der Waals surface area contributed by atoms with Crippen molar-refractivity contribution >= 4 is 40.2 Å². The maximum absolute atomic E-state index is 12.0. The van der Waals surface area contributed by atoms with Crippen LogP contribution in [-0.2, 0) is 4.79 Å². The molecule has 1 amide bonds. The quantitative estimate of drug-likeness (QED) is 0.875. The molecular formula is C13H10ClN3O2S. The van der Waals surface area contributed by atoms with Crippen molar-refractivity contribution in [2.75, 3.05) is 11.9 Å². The first-order chi connectivity index (χ1) is 9.58. The molecule has 1 atom stereocenters. The van der Waals surface area contributed by atoms with Crippen LogP contribution < -0.4 is 4.90 Å². The number of thiazole rings is 1. The topological polar surface area (TPSA) is 65.8 Å². The Labute approximate surface area is 124 Å². The number of anilines is 1. The van der Waals surface area contributed by atoms with E-state index in [1.807, 2.05) is 5.38 Å². The number of aliphatic imine (C=N–C) groups is 1. The molecule has 1 aliphatic rings. The van der Waals surface area contributed by atoms with Crippen molar-refractivity contribution in [1.82, 2.24) is 4.98 Å². The summed E-state index contributed by atoms with van der Waals surface area (Å²) in [6, 6.07) is 5.15. The second-order valence-corrected chi connectivity index (χ2v) is 5.58. The van der Waals surface area contributed by atoms with Crippen LogP contribution in [0.5, 0.6) is 0 Å². The predicted octanol–water partition coefficient (Wildman–Crippen LogP) is 1.93.